The number of benzene rings is 1. The van der Waals surface area contributed by atoms with Crippen molar-refractivity contribution in [3.8, 4) is 5.75 Å². The van der Waals surface area contributed by atoms with Crippen LogP contribution in [0.5, 0.6) is 5.75 Å². The molecule has 1 aliphatic rings. The van der Waals surface area contributed by atoms with Gasteiger partial charge in [-0.1, -0.05) is 6.42 Å². The molecule has 3 rings (SSSR count). The van der Waals surface area contributed by atoms with Gasteiger partial charge in [0.2, 0.25) is 0 Å². The number of methoxy groups -OCH3 is 1. The molecule has 1 fully saturated rings. The molecule has 1 aromatic heterocycles. The molecule has 0 spiro atoms. The predicted molar refractivity (Wildman–Crippen MR) is 95.8 cm³/mol. The Bertz CT molecular complexity index is 913. The Morgan fingerprint density at radius 3 is 2.41 bits per heavy atom. The van der Waals surface area contributed by atoms with E-state index in [9.17, 15) is 18.0 Å². The summed E-state index contributed by atoms with van der Waals surface area (Å²) in [5, 5.41) is 2.61. The van der Waals surface area contributed by atoms with E-state index in [4.69, 9.17) is 13.3 Å². The molecule has 1 saturated carbocycles. The zero-order valence-electron chi connectivity index (χ0n) is 14.6. The van der Waals surface area contributed by atoms with Gasteiger partial charge < -0.3 is 18.7 Å². The number of ether oxygens (including phenoxy) is 1. The fourth-order valence-electron chi connectivity index (χ4n) is 2.94. The summed E-state index contributed by atoms with van der Waals surface area (Å²) in [4.78, 5) is 23.8. The van der Waals surface area contributed by atoms with Crippen LogP contribution in [0.1, 0.15) is 29.8 Å². The van der Waals surface area contributed by atoms with E-state index in [1.165, 1.54) is 43.7 Å². The van der Waals surface area contributed by atoms with Gasteiger partial charge in [0.25, 0.3) is 5.91 Å². The number of rotatable bonds is 7. The lowest BCUT2D eigenvalue weighted by Crippen LogP contribution is -2.45. The van der Waals surface area contributed by atoms with Crippen LogP contribution in [0.3, 0.4) is 0 Å². The van der Waals surface area contributed by atoms with Gasteiger partial charge in [-0.3, -0.25) is 9.59 Å². The zero-order chi connectivity index (χ0) is 19.5. The first-order valence-corrected chi connectivity index (χ1v) is 9.87. The highest BCUT2D eigenvalue weighted by atomic mass is 32.2. The van der Waals surface area contributed by atoms with Gasteiger partial charge in [-0.25, -0.2) is 0 Å². The van der Waals surface area contributed by atoms with Crippen LogP contribution in [-0.4, -0.2) is 33.2 Å². The second-order valence-electron chi connectivity index (χ2n) is 6.37. The van der Waals surface area contributed by atoms with Gasteiger partial charge >= 0.3 is 16.1 Å². The van der Waals surface area contributed by atoms with Crippen molar-refractivity contribution in [2.45, 2.75) is 19.3 Å². The van der Waals surface area contributed by atoms with Gasteiger partial charge in [0, 0.05) is 5.69 Å². The largest absolute Gasteiger partial charge is 0.469 e. The van der Waals surface area contributed by atoms with Gasteiger partial charge in [0.05, 0.1) is 18.8 Å². The number of nitrogens with one attached hydrogen (secondary N) is 1. The van der Waals surface area contributed by atoms with Gasteiger partial charge in [0.15, 0.2) is 5.76 Å². The van der Waals surface area contributed by atoms with Crippen LogP contribution in [0.4, 0.5) is 5.69 Å². The molecule has 27 heavy (non-hydrogen) atoms. The molecule has 1 aromatic carbocycles. The maximum absolute atomic E-state index is 12.3. The van der Waals surface area contributed by atoms with Crippen molar-refractivity contribution in [2.75, 3.05) is 18.2 Å². The lowest BCUT2D eigenvalue weighted by molar-refractivity contribution is -0.156. The lowest BCUT2D eigenvalue weighted by atomic mass is 9.70. The monoisotopic (exact) mass is 393 g/mol. The Morgan fingerprint density at radius 1 is 1.19 bits per heavy atom. The maximum atomic E-state index is 12.3. The van der Waals surface area contributed by atoms with E-state index in [1.807, 2.05) is 0 Å². The van der Waals surface area contributed by atoms with Crippen molar-refractivity contribution in [3.63, 3.8) is 0 Å². The summed E-state index contributed by atoms with van der Waals surface area (Å²) in [7, 11) is -2.74. The van der Waals surface area contributed by atoms with Crippen molar-refractivity contribution in [3.05, 3.63) is 48.4 Å². The summed E-state index contributed by atoms with van der Waals surface area (Å²) in [6.07, 6.45) is 3.08. The summed E-state index contributed by atoms with van der Waals surface area (Å²) in [6.45, 7) is 0. The smallest absolute Gasteiger partial charge is 0.312 e. The molecule has 0 saturated heterocycles. The highest BCUT2D eigenvalue weighted by Gasteiger charge is 2.49. The molecule has 1 aliphatic carbocycles. The summed E-state index contributed by atoms with van der Waals surface area (Å²) >= 11 is 0. The summed E-state index contributed by atoms with van der Waals surface area (Å²) in [6, 6.07) is 8.97. The van der Waals surface area contributed by atoms with Crippen LogP contribution < -0.4 is 9.50 Å². The van der Waals surface area contributed by atoms with Crippen LogP contribution >= 0.6 is 0 Å². The van der Waals surface area contributed by atoms with E-state index in [-0.39, 0.29) is 11.5 Å². The normalized spacial score (nSPS) is 15.4. The van der Waals surface area contributed by atoms with E-state index in [2.05, 4.69) is 5.32 Å². The molecule has 9 heteroatoms. The van der Waals surface area contributed by atoms with Crippen molar-refractivity contribution in [1.29, 1.82) is 0 Å². The molecule has 1 N–H and O–H groups in total. The predicted octanol–water partition coefficient (Wildman–Crippen LogP) is 2.58. The Morgan fingerprint density at radius 2 is 1.89 bits per heavy atom. The number of amides is 1. The minimum Gasteiger partial charge on any atom is -0.469 e. The Labute approximate surface area is 156 Å². The van der Waals surface area contributed by atoms with Gasteiger partial charge in [-0.15, -0.1) is 0 Å². The SMILES string of the molecule is COC(=O)C1(CS(=O)(=O)Oc2ccc(NC(=O)c3ccco3)cc2)CCC1. The highest BCUT2D eigenvalue weighted by Crippen LogP contribution is 2.43. The molecule has 144 valence electrons. The topological polar surface area (TPSA) is 112 Å². The summed E-state index contributed by atoms with van der Waals surface area (Å²) < 4.78 is 39.5. The quantitative estimate of drug-likeness (QED) is 0.568. The molecule has 0 bridgehead atoms. The van der Waals surface area contributed by atoms with E-state index in [0.717, 1.165) is 6.42 Å². The average molecular weight is 393 g/mol. The zero-order valence-corrected chi connectivity index (χ0v) is 15.5. The van der Waals surface area contributed by atoms with Crippen molar-refractivity contribution < 1.29 is 31.3 Å². The summed E-state index contributed by atoms with van der Waals surface area (Å²) in [5.74, 6) is -1.14. The van der Waals surface area contributed by atoms with Crippen molar-refractivity contribution in [1.82, 2.24) is 0 Å². The summed E-state index contributed by atoms with van der Waals surface area (Å²) in [5.41, 5.74) is -0.573. The Balaban J connectivity index is 1.63. The van der Waals surface area contributed by atoms with Crippen LogP contribution in [0.25, 0.3) is 0 Å². The minimum absolute atomic E-state index is 0.0883. The molecule has 0 aliphatic heterocycles. The fourth-order valence-corrected chi connectivity index (χ4v) is 4.48. The number of anilines is 1. The van der Waals surface area contributed by atoms with Crippen LogP contribution in [0.2, 0.25) is 0 Å². The molecule has 8 nitrogen and oxygen atoms in total. The molecule has 1 heterocycles. The molecular formula is C18H19NO7S. The number of carbonyl (C=O) groups excluding carboxylic acids is 2. The second kappa shape index (κ2) is 7.43. The van der Waals surface area contributed by atoms with E-state index in [1.54, 1.807) is 6.07 Å². The van der Waals surface area contributed by atoms with Crippen LogP contribution in [0, 0.1) is 5.41 Å². The third kappa shape index (κ3) is 4.30. The number of furan rings is 1. The Kier molecular flexibility index (Phi) is 5.22. The van der Waals surface area contributed by atoms with Crippen molar-refractivity contribution >= 4 is 27.7 Å². The third-order valence-corrected chi connectivity index (χ3v) is 5.82. The molecule has 0 atom stereocenters. The van der Waals surface area contributed by atoms with E-state index in [0.29, 0.717) is 18.5 Å². The van der Waals surface area contributed by atoms with E-state index >= 15 is 0 Å². The fraction of sp³-hybridized carbons (Fsp3) is 0.333. The lowest BCUT2D eigenvalue weighted by Gasteiger charge is -2.37. The number of hydrogen-bond donors (Lipinski definition) is 1. The minimum atomic E-state index is -3.98. The average Bonchev–Trinajstić information content (AvgIpc) is 3.14. The number of hydrogen-bond acceptors (Lipinski definition) is 7. The molecule has 2 aromatic rings. The first-order valence-electron chi connectivity index (χ1n) is 8.29. The Hall–Kier alpha value is -2.81. The third-order valence-electron chi connectivity index (χ3n) is 4.46. The first kappa shape index (κ1) is 19.0. The number of carbonyl (C=O) groups is 2. The van der Waals surface area contributed by atoms with Gasteiger partial charge in [-0.05, 0) is 49.2 Å². The van der Waals surface area contributed by atoms with Crippen LogP contribution in [0.15, 0.2) is 47.1 Å². The van der Waals surface area contributed by atoms with Gasteiger partial charge in [0.1, 0.15) is 11.5 Å². The molecule has 1 amide bonds. The molecule has 0 unspecified atom stereocenters. The van der Waals surface area contributed by atoms with Crippen LogP contribution in [-0.2, 0) is 19.6 Å². The molecular weight excluding hydrogens is 374 g/mol. The highest BCUT2D eigenvalue weighted by molar-refractivity contribution is 7.87. The van der Waals surface area contributed by atoms with Crippen molar-refractivity contribution in [2.24, 2.45) is 5.41 Å². The standard InChI is InChI=1S/C18H19NO7S/c1-24-17(21)18(9-3-10-18)12-27(22,23)26-14-7-5-13(6-8-14)19-16(20)15-4-2-11-25-15/h2,4-8,11H,3,9-10,12H2,1H3,(H,19,20). The number of esters is 1. The van der Waals surface area contributed by atoms with E-state index < -0.39 is 33.2 Å². The maximum Gasteiger partial charge on any atom is 0.312 e. The molecule has 0 radical (unpaired) electrons. The second-order valence-corrected chi connectivity index (χ2v) is 7.94. The van der Waals surface area contributed by atoms with Gasteiger partial charge in [-0.2, -0.15) is 8.42 Å². The first-order chi connectivity index (χ1) is 12.8.